The summed E-state index contributed by atoms with van der Waals surface area (Å²) in [5.41, 5.74) is -0.0190. The highest BCUT2D eigenvalue weighted by atomic mass is 32.2. The van der Waals surface area contributed by atoms with Crippen molar-refractivity contribution in [2.24, 2.45) is 0 Å². The molecule has 1 aromatic carbocycles. The van der Waals surface area contributed by atoms with E-state index in [2.05, 4.69) is 4.72 Å². The molecule has 2 rings (SSSR count). The van der Waals surface area contributed by atoms with Crippen molar-refractivity contribution in [3.63, 3.8) is 0 Å². The Morgan fingerprint density at radius 3 is 2.57 bits per heavy atom. The van der Waals surface area contributed by atoms with Gasteiger partial charge in [0.05, 0.1) is 24.2 Å². The largest absolute Gasteiger partial charge is 0.492 e. The van der Waals surface area contributed by atoms with Crippen molar-refractivity contribution in [1.29, 1.82) is 0 Å². The number of hydrogen-bond acceptors (Lipinski definition) is 7. The van der Waals surface area contributed by atoms with Crippen molar-refractivity contribution in [2.75, 3.05) is 29.8 Å². The molecule has 9 nitrogen and oxygen atoms in total. The molecule has 1 heterocycles. The summed E-state index contributed by atoms with van der Waals surface area (Å²) in [6.07, 6.45) is 0.393. The Hall–Kier alpha value is -1.69. The van der Waals surface area contributed by atoms with Crippen molar-refractivity contribution in [3.8, 4) is 5.75 Å². The van der Waals surface area contributed by atoms with Crippen LogP contribution in [0, 0.1) is 0 Å². The molecular weight excluding hydrogens is 408 g/mol. The molecule has 0 bridgehead atoms. The molecule has 1 N–H and O–H groups in total. The second-order valence-electron chi connectivity index (χ2n) is 6.46. The Morgan fingerprint density at radius 1 is 1.29 bits per heavy atom. The van der Waals surface area contributed by atoms with Gasteiger partial charge in [0.15, 0.2) is 0 Å². The van der Waals surface area contributed by atoms with E-state index < -0.39 is 26.0 Å². The summed E-state index contributed by atoms with van der Waals surface area (Å²) in [5.74, 6) is -0.803. The minimum atomic E-state index is -3.98. The van der Waals surface area contributed by atoms with Gasteiger partial charge in [0, 0.05) is 19.6 Å². The van der Waals surface area contributed by atoms with Crippen LogP contribution in [0.4, 0.5) is 5.69 Å². The molecule has 11 heteroatoms. The molecule has 0 atom stereocenters. The number of amides is 1. The van der Waals surface area contributed by atoms with E-state index in [9.17, 15) is 21.6 Å². The number of rotatable bonds is 10. The molecule has 1 amide bonds. The minimum absolute atomic E-state index is 0.0190. The normalized spacial score (nSPS) is 16.7. The number of carbonyl (C=O) groups excluding carboxylic acids is 1. The number of sulfonamides is 2. The molecule has 0 unspecified atom stereocenters. The van der Waals surface area contributed by atoms with Crippen molar-refractivity contribution in [3.05, 3.63) is 18.2 Å². The third-order valence-electron chi connectivity index (χ3n) is 3.89. The van der Waals surface area contributed by atoms with Crippen LogP contribution in [0.15, 0.2) is 23.1 Å². The molecule has 0 spiro atoms. The fraction of sp³-hybridized carbons (Fsp3) is 0.588. The topological polar surface area (TPSA) is 119 Å². The van der Waals surface area contributed by atoms with Crippen molar-refractivity contribution >= 4 is 31.6 Å². The van der Waals surface area contributed by atoms with Gasteiger partial charge >= 0.3 is 0 Å². The Bertz CT molecular complexity index is 911. The summed E-state index contributed by atoms with van der Waals surface area (Å²) in [7, 11) is -7.78. The number of anilines is 1. The molecule has 1 saturated heterocycles. The van der Waals surface area contributed by atoms with Gasteiger partial charge in [-0.25, -0.2) is 25.9 Å². The zero-order valence-electron chi connectivity index (χ0n) is 16.2. The lowest BCUT2D eigenvalue weighted by molar-refractivity contribution is -0.116. The minimum Gasteiger partial charge on any atom is -0.492 e. The molecule has 1 aliphatic heterocycles. The highest BCUT2D eigenvalue weighted by Gasteiger charge is 2.37. The van der Waals surface area contributed by atoms with E-state index in [4.69, 9.17) is 9.47 Å². The van der Waals surface area contributed by atoms with Crippen LogP contribution in [0.3, 0.4) is 0 Å². The second-order valence-corrected chi connectivity index (χ2v) is 10.1. The predicted molar refractivity (Wildman–Crippen MR) is 104 cm³/mol. The van der Waals surface area contributed by atoms with Gasteiger partial charge < -0.3 is 9.47 Å². The standard InChI is InChI=1S/C17H26N2O7S2/c1-4-25-15-7-6-14(19-17(20)8-11-27(19,21)22)12-16(15)28(23,24)18-9-5-10-26-13(2)3/h6-7,12-13,18H,4-5,8-11H2,1-3H3. The number of nitrogens with one attached hydrogen (secondary N) is 1. The maximum atomic E-state index is 12.8. The van der Waals surface area contributed by atoms with E-state index in [1.54, 1.807) is 6.92 Å². The maximum absolute atomic E-state index is 12.8. The number of nitrogens with zero attached hydrogens (tertiary/aromatic N) is 1. The first kappa shape index (κ1) is 22.6. The highest BCUT2D eigenvalue weighted by Crippen LogP contribution is 2.32. The third-order valence-corrected chi connectivity index (χ3v) is 7.07. The van der Waals surface area contributed by atoms with Gasteiger partial charge in [0.25, 0.3) is 0 Å². The van der Waals surface area contributed by atoms with Crippen LogP contribution in [-0.2, 0) is 29.6 Å². The summed E-state index contributed by atoms with van der Waals surface area (Å²) in [6, 6.07) is 3.87. The lowest BCUT2D eigenvalue weighted by Gasteiger charge is -2.18. The lowest BCUT2D eigenvalue weighted by atomic mass is 10.3. The fourth-order valence-corrected chi connectivity index (χ4v) is 5.34. The highest BCUT2D eigenvalue weighted by molar-refractivity contribution is 7.94. The van der Waals surface area contributed by atoms with Crippen LogP contribution in [0.25, 0.3) is 0 Å². The van der Waals surface area contributed by atoms with E-state index >= 15 is 0 Å². The number of carbonyl (C=O) groups is 1. The van der Waals surface area contributed by atoms with Crippen LogP contribution >= 0.6 is 0 Å². The Morgan fingerprint density at radius 2 is 2.00 bits per heavy atom. The van der Waals surface area contributed by atoms with Gasteiger partial charge in [-0.05, 0) is 45.4 Å². The van der Waals surface area contributed by atoms with Crippen LogP contribution in [0.5, 0.6) is 5.75 Å². The van der Waals surface area contributed by atoms with E-state index in [-0.39, 0.29) is 47.8 Å². The third kappa shape index (κ3) is 5.43. The van der Waals surface area contributed by atoms with Gasteiger partial charge in [-0.1, -0.05) is 0 Å². The van der Waals surface area contributed by atoms with Crippen LogP contribution in [0.2, 0.25) is 0 Å². The first-order valence-electron chi connectivity index (χ1n) is 9.02. The molecule has 28 heavy (non-hydrogen) atoms. The van der Waals surface area contributed by atoms with Crippen LogP contribution < -0.4 is 13.8 Å². The van der Waals surface area contributed by atoms with Gasteiger partial charge in [0.2, 0.25) is 26.0 Å². The lowest BCUT2D eigenvalue weighted by Crippen LogP contribution is -2.30. The van der Waals surface area contributed by atoms with E-state index in [0.717, 1.165) is 6.07 Å². The molecule has 1 aromatic rings. The molecule has 0 saturated carbocycles. The van der Waals surface area contributed by atoms with Crippen molar-refractivity contribution in [1.82, 2.24) is 4.72 Å². The maximum Gasteiger partial charge on any atom is 0.244 e. The quantitative estimate of drug-likeness (QED) is 0.550. The molecule has 0 aliphatic carbocycles. The molecule has 0 radical (unpaired) electrons. The predicted octanol–water partition coefficient (Wildman–Crippen LogP) is 1.25. The molecule has 158 valence electrons. The van der Waals surface area contributed by atoms with Gasteiger partial charge in [-0.3, -0.25) is 4.79 Å². The van der Waals surface area contributed by atoms with Crippen LogP contribution in [0.1, 0.15) is 33.6 Å². The SMILES string of the molecule is CCOc1ccc(N2C(=O)CCS2(=O)=O)cc1S(=O)(=O)NCCCOC(C)C. The fourth-order valence-electron chi connectivity index (χ4n) is 2.65. The van der Waals surface area contributed by atoms with Gasteiger partial charge in [-0.15, -0.1) is 0 Å². The van der Waals surface area contributed by atoms with Crippen molar-refractivity contribution < 1.29 is 31.1 Å². The average Bonchev–Trinajstić information content (AvgIpc) is 2.88. The van der Waals surface area contributed by atoms with E-state index in [0.29, 0.717) is 17.3 Å². The summed E-state index contributed by atoms with van der Waals surface area (Å²) in [4.78, 5) is 11.8. The molecule has 0 aromatic heterocycles. The Kier molecular flexibility index (Phi) is 7.43. The van der Waals surface area contributed by atoms with E-state index in [1.807, 2.05) is 13.8 Å². The van der Waals surface area contributed by atoms with Crippen molar-refractivity contribution in [2.45, 2.75) is 44.6 Å². The zero-order valence-corrected chi connectivity index (χ0v) is 17.8. The zero-order chi connectivity index (χ0) is 20.9. The Balaban J connectivity index is 2.29. The number of hydrogen-bond donors (Lipinski definition) is 1. The summed E-state index contributed by atoms with van der Waals surface area (Å²) >= 11 is 0. The summed E-state index contributed by atoms with van der Waals surface area (Å²) < 4.78 is 63.6. The molecule has 1 aliphatic rings. The van der Waals surface area contributed by atoms with Gasteiger partial charge in [-0.2, -0.15) is 0 Å². The molecule has 1 fully saturated rings. The smallest absolute Gasteiger partial charge is 0.244 e. The summed E-state index contributed by atoms with van der Waals surface area (Å²) in [5, 5.41) is 0. The van der Waals surface area contributed by atoms with Gasteiger partial charge in [0.1, 0.15) is 10.6 Å². The first-order chi connectivity index (χ1) is 13.1. The monoisotopic (exact) mass is 434 g/mol. The number of benzene rings is 1. The Labute approximate surface area is 166 Å². The number of ether oxygens (including phenoxy) is 2. The summed E-state index contributed by atoms with van der Waals surface area (Å²) in [6.45, 7) is 6.25. The van der Waals surface area contributed by atoms with Crippen LogP contribution in [-0.4, -0.2) is 54.4 Å². The first-order valence-corrected chi connectivity index (χ1v) is 12.1. The second kappa shape index (κ2) is 9.21. The van der Waals surface area contributed by atoms with E-state index in [1.165, 1.54) is 12.1 Å². The molecular formula is C17H26N2O7S2. The average molecular weight is 435 g/mol.